The lowest BCUT2D eigenvalue weighted by molar-refractivity contribution is 0.102. The fraction of sp³-hybridized carbons (Fsp3) is 0.250. The molecule has 1 aliphatic heterocycles. The number of piperazine rings is 1. The Balaban J connectivity index is 1.44. The molecule has 0 bridgehead atoms. The largest absolute Gasteiger partial charge is 0.368 e. The van der Waals surface area contributed by atoms with Crippen LogP contribution in [0.5, 0.6) is 0 Å². The second kappa shape index (κ2) is 8.35. The summed E-state index contributed by atoms with van der Waals surface area (Å²) in [5.41, 5.74) is 5.81. The molecule has 0 radical (unpaired) electrons. The number of nitrogens with one attached hydrogen (secondary N) is 1. The van der Waals surface area contributed by atoms with Crippen LogP contribution in [0.3, 0.4) is 0 Å². The number of benzene rings is 2. The molecule has 1 aromatic heterocycles. The molecule has 4 rings (SSSR count). The minimum absolute atomic E-state index is 0.125. The third-order valence-electron chi connectivity index (χ3n) is 5.47. The van der Waals surface area contributed by atoms with Gasteiger partial charge in [-0.3, -0.25) is 9.78 Å². The van der Waals surface area contributed by atoms with Gasteiger partial charge in [0.2, 0.25) is 0 Å². The van der Waals surface area contributed by atoms with E-state index in [1.165, 1.54) is 5.69 Å². The van der Waals surface area contributed by atoms with Crippen LogP contribution in [0.25, 0.3) is 0 Å². The zero-order valence-electron chi connectivity index (χ0n) is 16.9. The van der Waals surface area contributed by atoms with Gasteiger partial charge in [-0.05, 0) is 43.2 Å². The van der Waals surface area contributed by atoms with Gasteiger partial charge in [0, 0.05) is 43.8 Å². The number of hydrogen-bond acceptors (Lipinski definition) is 4. The number of aryl methyl sites for hydroxylation is 2. The molecule has 1 N–H and O–H groups in total. The average molecular weight is 386 g/mol. The van der Waals surface area contributed by atoms with Crippen molar-refractivity contribution in [3.8, 4) is 0 Å². The van der Waals surface area contributed by atoms with Crippen LogP contribution in [0.15, 0.2) is 67.0 Å². The maximum atomic E-state index is 12.8. The number of pyridine rings is 1. The third kappa shape index (κ3) is 4.24. The molecular formula is C24H26N4O. The van der Waals surface area contributed by atoms with Gasteiger partial charge in [-0.15, -0.1) is 0 Å². The minimum atomic E-state index is -0.125. The van der Waals surface area contributed by atoms with Crippen molar-refractivity contribution in [2.75, 3.05) is 41.3 Å². The monoisotopic (exact) mass is 386 g/mol. The van der Waals surface area contributed by atoms with Gasteiger partial charge in [-0.1, -0.05) is 36.4 Å². The molecule has 1 saturated heterocycles. The van der Waals surface area contributed by atoms with Gasteiger partial charge in [0.05, 0.1) is 17.4 Å². The predicted octanol–water partition coefficient (Wildman–Crippen LogP) is 4.28. The second-order valence-corrected chi connectivity index (χ2v) is 7.46. The summed E-state index contributed by atoms with van der Waals surface area (Å²) in [7, 11) is 0. The Morgan fingerprint density at radius 3 is 2.10 bits per heavy atom. The minimum Gasteiger partial charge on any atom is -0.368 e. The van der Waals surface area contributed by atoms with Gasteiger partial charge < -0.3 is 15.1 Å². The SMILES string of the molecule is Cc1cccc(C)c1NC(=O)c1cncc(N2CCN(c3ccccc3)CC2)c1. The lowest BCUT2D eigenvalue weighted by Gasteiger charge is -2.37. The summed E-state index contributed by atoms with van der Waals surface area (Å²) in [6.45, 7) is 7.70. The van der Waals surface area contributed by atoms with Gasteiger partial charge in [-0.25, -0.2) is 0 Å². The number of amides is 1. The molecule has 0 spiro atoms. The standard InChI is InChI=1S/C24H26N4O/c1-18-7-6-8-19(2)23(18)26-24(29)20-15-22(17-25-16-20)28-13-11-27(12-14-28)21-9-4-3-5-10-21/h3-10,15-17H,11-14H2,1-2H3,(H,26,29). The van der Waals surface area contributed by atoms with E-state index in [2.05, 4.69) is 44.4 Å². The van der Waals surface area contributed by atoms with Gasteiger partial charge in [0.25, 0.3) is 5.91 Å². The second-order valence-electron chi connectivity index (χ2n) is 7.46. The number of aromatic nitrogens is 1. The number of anilines is 3. The molecule has 148 valence electrons. The Bertz CT molecular complexity index is 975. The van der Waals surface area contributed by atoms with Crippen LogP contribution >= 0.6 is 0 Å². The third-order valence-corrected chi connectivity index (χ3v) is 5.47. The molecule has 29 heavy (non-hydrogen) atoms. The zero-order valence-corrected chi connectivity index (χ0v) is 16.9. The molecule has 5 nitrogen and oxygen atoms in total. The number of rotatable bonds is 4. The van der Waals surface area contributed by atoms with Crippen LogP contribution in [-0.4, -0.2) is 37.1 Å². The Hall–Kier alpha value is -3.34. The van der Waals surface area contributed by atoms with E-state index in [0.29, 0.717) is 5.56 Å². The molecule has 0 unspecified atom stereocenters. The molecule has 0 aliphatic carbocycles. The first-order chi connectivity index (χ1) is 14.1. The smallest absolute Gasteiger partial charge is 0.257 e. The molecule has 2 heterocycles. The maximum absolute atomic E-state index is 12.8. The van der Waals surface area contributed by atoms with Crippen molar-refractivity contribution in [3.63, 3.8) is 0 Å². The van der Waals surface area contributed by atoms with Crippen LogP contribution in [0.1, 0.15) is 21.5 Å². The highest BCUT2D eigenvalue weighted by Crippen LogP contribution is 2.23. The molecule has 0 atom stereocenters. The molecule has 0 saturated carbocycles. The molecule has 1 fully saturated rings. The summed E-state index contributed by atoms with van der Waals surface area (Å²) in [5.74, 6) is -0.125. The van der Waals surface area contributed by atoms with E-state index >= 15 is 0 Å². The van der Waals surface area contributed by atoms with Gasteiger partial charge in [0.1, 0.15) is 0 Å². The van der Waals surface area contributed by atoms with Crippen molar-refractivity contribution in [1.82, 2.24) is 4.98 Å². The van der Waals surface area contributed by atoms with Gasteiger partial charge in [-0.2, -0.15) is 0 Å². The highest BCUT2D eigenvalue weighted by molar-refractivity contribution is 6.05. The van der Waals surface area contributed by atoms with E-state index < -0.39 is 0 Å². The molecule has 1 aliphatic rings. The average Bonchev–Trinajstić information content (AvgIpc) is 2.77. The first-order valence-electron chi connectivity index (χ1n) is 9.99. The summed E-state index contributed by atoms with van der Waals surface area (Å²) in [4.78, 5) is 21.8. The fourth-order valence-corrected chi connectivity index (χ4v) is 3.78. The van der Waals surface area contributed by atoms with Gasteiger partial charge in [0.15, 0.2) is 0 Å². The van der Waals surface area contributed by atoms with Crippen molar-refractivity contribution < 1.29 is 4.79 Å². The molecule has 5 heteroatoms. The zero-order chi connectivity index (χ0) is 20.2. The van der Waals surface area contributed by atoms with Crippen LogP contribution < -0.4 is 15.1 Å². The van der Waals surface area contributed by atoms with E-state index in [1.54, 1.807) is 6.20 Å². The Morgan fingerprint density at radius 2 is 1.45 bits per heavy atom. The fourth-order valence-electron chi connectivity index (χ4n) is 3.78. The summed E-state index contributed by atoms with van der Waals surface area (Å²) >= 11 is 0. The molecule has 3 aromatic rings. The first kappa shape index (κ1) is 19.0. The summed E-state index contributed by atoms with van der Waals surface area (Å²) in [6, 6.07) is 18.4. The number of nitrogens with zero attached hydrogens (tertiary/aromatic N) is 3. The highest BCUT2D eigenvalue weighted by atomic mass is 16.1. The Kier molecular flexibility index (Phi) is 5.47. The normalized spacial score (nSPS) is 14.0. The molecular weight excluding hydrogens is 360 g/mol. The van der Waals surface area contributed by atoms with Crippen molar-refractivity contribution in [1.29, 1.82) is 0 Å². The predicted molar refractivity (Wildman–Crippen MR) is 119 cm³/mol. The maximum Gasteiger partial charge on any atom is 0.257 e. The summed E-state index contributed by atoms with van der Waals surface area (Å²) in [6.07, 6.45) is 3.47. The lowest BCUT2D eigenvalue weighted by atomic mass is 10.1. The quantitative estimate of drug-likeness (QED) is 0.727. The van der Waals surface area contributed by atoms with Crippen molar-refractivity contribution in [2.24, 2.45) is 0 Å². The summed E-state index contributed by atoms with van der Waals surface area (Å²) < 4.78 is 0. The van der Waals surface area contributed by atoms with E-state index in [0.717, 1.165) is 48.7 Å². The van der Waals surface area contributed by atoms with E-state index in [-0.39, 0.29) is 5.91 Å². The van der Waals surface area contributed by atoms with Crippen LogP contribution in [0.2, 0.25) is 0 Å². The van der Waals surface area contributed by atoms with E-state index in [4.69, 9.17) is 0 Å². The molecule has 2 aromatic carbocycles. The Morgan fingerprint density at radius 1 is 0.828 bits per heavy atom. The van der Waals surface area contributed by atoms with E-state index in [1.807, 2.05) is 50.4 Å². The molecule has 1 amide bonds. The van der Waals surface area contributed by atoms with Crippen LogP contribution in [-0.2, 0) is 0 Å². The van der Waals surface area contributed by atoms with Crippen molar-refractivity contribution >= 4 is 23.0 Å². The van der Waals surface area contributed by atoms with Crippen LogP contribution in [0, 0.1) is 13.8 Å². The number of carbonyl (C=O) groups is 1. The number of para-hydroxylation sites is 2. The van der Waals surface area contributed by atoms with Crippen molar-refractivity contribution in [3.05, 3.63) is 83.7 Å². The van der Waals surface area contributed by atoms with E-state index in [9.17, 15) is 4.79 Å². The lowest BCUT2D eigenvalue weighted by Crippen LogP contribution is -2.46. The first-order valence-corrected chi connectivity index (χ1v) is 9.99. The topological polar surface area (TPSA) is 48.5 Å². The number of hydrogen-bond donors (Lipinski definition) is 1. The highest BCUT2D eigenvalue weighted by Gasteiger charge is 2.19. The van der Waals surface area contributed by atoms with Crippen molar-refractivity contribution in [2.45, 2.75) is 13.8 Å². The number of carbonyl (C=O) groups excluding carboxylic acids is 1. The van der Waals surface area contributed by atoms with Gasteiger partial charge >= 0.3 is 0 Å². The Labute approximate surface area is 172 Å². The summed E-state index contributed by atoms with van der Waals surface area (Å²) in [5, 5.41) is 3.05. The van der Waals surface area contributed by atoms with Crippen LogP contribution in [0.4, 0.5) is 17.1 Å².